The van der Waals surface area contributed by atoms with Crippen LogP contribution in [-0.2, 0) is 16.1 Å². The molecule has 3 heterocycles. The average Bonchev–Trinajstić information content (AvgIpc) is 3.27. The first-order valence-corrected chi connectivity index (χ1v) is 10.3. The average molecular weight is 393 g/mol. The zero-order chi connectivity index (χ0) is 19.8. The maximum Gasteiger partial charge on any atom is 0.260 e. The van der Waals surface area contributed by atoms with E-state index < -0.39 is 0 Å². The standard InChI is InChI=1S/C23H24FN3O2/c24-16-4-6-19-20(13-16)26-23(28)21(19)22-18-7-5-17(12-15(18)14-29-22)25-8-11-27-9-2-1-3-10-27/h4-7,12-13,25H,1-3,8-11,14H2,(H,26,28). The molecule has 0 aliphatic carbocycles. The molecule has 1 fully saturated rings. The summed E-state index contributed by atoms with van der Waals surface area (Å²) in [6.45, 7) is 4.79. The van der Waals surface area contributed by atoms with E-state index in [1.807, 2.05) is 12.1 Å². The van der Waals surface area contributed by atoms with Crippen molar-refractivity contribution in [1.82, 2.24) is 4.90 Å². The van der Waals surface area contributed by atoms with Crippen molar-refractivity contribution < 1.29 is 13.9 Å². The summed E-state index contributed by atoms with van der Waals surface area (Å²) in [5.41, 5.74) is 4.69. The molecule has 0 unspecified atom stereocenters. The maximum absolute atomic E-state index is 13.5. The Hall–Kier alpha value is -2.86. The lowest BCUT2D eigenvalue weighted by Gasteiger charge is -2.26. The molecule has 6 heteroatoms. The molecule has 1 amide bonds. The second-order valence-corrected chi connectivity index (χ2v) is 7.84. The molecule has 2 N–H and O–H groups in total. The van der Waals surface area contributed by atoms with Crippen LogP contribution in [0.15, 0.2) is 36.4 Å². The molecule has 0 saturated carbocycles. The number of anilines is 2. The smallest absolute Gasteiger partial charge is 0.260 e. The Morgan fingerprint density at radius 3 is 2.76 bits per heavy atom. The Balaban J connectivity index is 1.35. The third kappa shape index (κ3) is 3.49. The minimum absolute atomic E-state index is 0.253. The number of piperidine rings is 1. The summed E-state index contributed by atoms with van der Waals surface area (Å²) in [4.78, 5) is 15.0. The predicted molar refractivity (Wildman–Crippen MR) is 112 cm³/mol. The number of halogens is 1. The number of carbonyl (C=O) groups excluding carboxylic acids is 1. The fourth-order valence-corrected chi connectivity index (χ4v) is 4.39. The first kappa shape index (κ1) is 18.2. The van der Waals surface area contributed by atoms with Gasteiger partial charge in [0.25, 0.3) is 5.91 Å². The second kappa shape index (κ2) is 7.52. The Morgan fingerprint density at radius 2 is 1.90 bits per heavy atom. The lowest BCUT2D eigenvalue weighted by molar-refractivity contribution is -0.110. The molecule has 2 aromatic rings. The summed E-state index contributed by atoms with van der Waals surface area (Å²) >= 11 is 0. The number of carbonyl (C=O) groups is 1. The number of amides is 1. The summed E-state index contributed by atoms with van der Waals surface area (Å²) in [6, 6.07) is 10.5. The van der Waals surface area contributed by atoms with Crippen LogP contribution in [0.25, 0.3) is 11.3 Å². The van der Waals surface area contributed by atoms with Gasteiger partial charge in [0.2, 0.25) is 0 Å². The van der Waals surface area contributed by atoms with Gasteiger partial charge in [-0.05, 0) is 62.3 Å². The van der Waals surface area contributed by atoms with E-state index in [1.54, 1.807) is 6.07 Å². The van der Waals surface area contributed by atoms with Gasteiger partial charge in [0, 0.05) is 35.5 Å². The van der Waals surface area contributed by atoms with E-state index in [0.717, 1.165) is 29.9 Å². The van der Waals surface area contributed by atoms with Gasteiger partial charge in [0.15, 0.2) is 0 Å². The molecule has 3 aliphatic heterocycles. The van der Waals surface area contributed by atoms with Crippen molar-refractivity contribution in [3.8, 4) is 0 Å². The summed E-state index contributed by atoms with van der Waals surface area (Å²) in [5.74, 6) is -0.0526. The van der Waals surface area contributed by atoms with Crippen molar-refractivity contribution in [2.75, 3.05) is 36.8 Å². The van der Waals surface area contributed by atoms with Crippen LogP contribution in [0.4, 0.5) is 15.8 Å². The highest BCUT2D eigenvalue weighted by Crippen LogP contribution is 2.42. The number of hydrogen-bond acceptors (Lipinski definition) is 4. The van der Waals surface area contributed by atoms with E-state index in [2.05, 4.69) is 21.6 Å². The molecule has 0 radical (unpaired) electrons. The predicted octanol–water partition coefficient (Wildman–Crippen LogP) is 4.07. The lowest BCUT2D eigenvalue weighted by atomic mass is 10.00. The van der Waals surface area contributed by atoms with Crippen molar-refractivity contribution in [2.45, 2.75) is 25.9 Å². The third-order valence-electron chi connectivity index (χ3n) is 5.88. The van der Waals surface area contributed by atoms with Crippen LogP contribution in [0.5, 0.6) is 0 Å². The van der Waals surface area contributed by atoms with Gasteiger partial charge in [0.05, 0.1) is 11.3 Å². The normalized spacial score (nSPS) is 20.8. The quantitative estimate of drug-likeness (QED) is 0.769. The van der Waals surface area contributed by atoms with Crippen LogP contribution in [0.3, 0.4) is 0 Å². The van der Waals surface area contributed by atoms with Crippen molar-refractivity contribution in [2.24, 2.45) is 0 Å². The SMILES string of the molecule is O=C1Nc2cc(F)ccc2C1=C1OCc2cc(NCCN3CCCCC3)ccc21. The number of hydrogen-bond donors (Lipinski definition) is 2. The zero-order valence-electron chi connectivity index (χ0n) is 16.3. The van der Waals surface area contributed by atoms with E-state index in [4.69, 9.17) is 4.74 Å². The Morgan fingerprint density at radius 1 is 1.07 bits per heavy atom. The molecule has 0 atom stereocenters. The van der Waals surface area contributed by atoms with E-state index in [0.29, 0.717) is 29.2 Å². The molecule has 5 nitrogen and oxygen atoms in total. The lowest BCUT2D eigenvalue weighted by Crippen LogP contribution is -2.33. The monoisotopic (exact) mass is 393 g/mol. The molecular formula is C23H24FN3O2. The van der Waals surface area contributed by atoms with Crippen LogP contribution < -0.4 is 10.6 Å². The fraction of sp³-hybridized carbons (Fsp3) is 0.348. The molecule has 0 spiro atoms. The second-order valence-electron chi connectivity index (χ2n) is 7.84. The van der Waals surface area contributed by atoms with Gasteiger partial charge in [-0.15, -0.1) is 0 Å². The molecular weight excluding hydrogens is 369 g/mol. The number of nitrogens with zero attached hydrogens (tertiary/aromatic N) is 1. The molecule has 0 bridgehead atoms. The van der Waals surface area contributed by atoms with Gasteiger partial charge >= 0.3 is 0 Å². The van der Waals surface area contributed by atoms with E-state index >= 15 is 0 Å². The number of rotatable bonds is 4. The molecule has 0 aromatic heterocycles. The van der Waals surface area contributed by atoms with Gasteiger partial charge in [-0.3, -0.25) is 4.79 Å². The fourth-order valence-electron chi connectivity index (χ4n) is 4.39. The third-order valence-corrected chi connectivity index (χ3v) is 5.88. The highest BCUT2D eigenvalue weighted by Gasteiger charge is 2.32. The molecule has 29 heavy (non-hydrogen) atoms. The number of benzene rings is 2. The number of ether oxygens (including phenoxy) is 1. The molecule has 150 valence electrons. The summed E-state index contributed by atoms with van der Waals surface area (Å²) in [5, 5.41) is 6.24. The van der Waals surface area contributed by atoms with Crippen molar-refractivity contribution in [3.63, 3.8) is 0 Å². The van der Waals surface area contributed by atoms with E-state index in [9.17, 15) is 9.18 Å². The highest BCUT2D eigenvalue weighted by molar-refractivity contribution is 6.36. The minimum atomic E-state index is -0.372. The van der Waals surface area contributed by atoms with E-state index in [1.165, 1.54) is 44.5 Å². The van der Waals surface area contributed by atoms with Gasteiger partial charge in [-0.2, -0.15) is 0 Å². The van der Waals surface area contributed by atoms with Gasteiger partial charge in [-0.25, -0.2) is 4.39 Å². The summed E-state index contributed by atoms with van der Waals surface area (Å²) in [6.07, 6.45) is 3.96. The first-order chi connectivity index (χ1) is 14.2. The topological polar surface area (TPSA) is 53.6 Å². The summed E-state index contributed by atoms with van der Waals surface area (Å²) in [7, 11) is 0. The zero-order valence-corrected chi connectivity index (χ0v) is 16.3. The van der Waals surface area contributed by atoms with Gasteiger partial charge in [-0.1, -0.05) is 6.42 Å². The van der Waals surface area contributed by atoms with Crippen molar-refractivity contribution in [1.29, 1.82) is 0 Å². The highest BCUT2D eigenvalue weighted by atomic mass is 19.1. The first-order valence-electron chi connectivity index (χ1n) is 10.3. The van der Waals surface area contributed by atoms with E-state index in [-0.39, 0.29) is 11.7 Å². The van der Waals surface area contributed by atoms with Crippen molar-refractivity contribution >= 4 is 28.6 Å². The Bertz CT molecular complexity index is 996. The maximum atomic E-state index is 13.5. The Labute approximate surface area is 169 Å². The largest absolute Gasteiger partial charge is 0.487 e. The van der Waals surface area contributed by atoms with Crippen LogP contribution in [0.2, 0.25) is 0 Å². The van der Waals surface area contributed by atoms with Crippen molar-refractivity contribution in [3.05, 3.63) is 58.9 Å². The number of nitrogens with one attached hydrogen (secondary N) is 2. The van der Waals surface area contributed by atoms with Crippen LogP contribution in [0, 0.1) is 5.82 Å². The van der Waals surface area contributed by atoms with Gasteiger partial charge in [0.1, 0.15) is 18.2 Å². The van der Waals surface area contributed by atoms with Crippen LogP contribution in [-0.4, -0.2) is 37.0 Å². The molecule has 2 aromatic carbocycles. The number of likely N-dealkylation sites (tertiary alicyclic amines) is 1. The summed E-state index contributed by atoms with van der Waals surface area (Å²) < 4.78 is 19.4. The Kier molecular flexibility index (Phi) is 4.72. The molecule has 3 aliphatic rings. The molecule has 5 rings (SSSR count). The van der Waals surface area contributed by atoms with Crippen LogP contribution >= 0.6 is 0 Å². The minimum Gasteiger partial charge on any atom is -0.487 e. The molecule has 1 saturated heterocycles. The van der Waals surface area contributed by atoms with Gasteiger partial charge < -0.3 is 20.3 Å². The number of fused-ring (bicyclic) bond motifs is 2. The van der Waals surface area contributed by atoms with Crippen LogP contribution in [0.1, 0.15) is 36.0 Å².